The molecule has 0 bridgehead atoms. The van der Waals surface area contributed by atoms with Gasteiger partial charge in [-0.2, -0.15) is 0 Å². The van der Waals surface area contributed by atoms with Crippen molar-refractivity contribution in [1.82, 2.24) is 9.88 Å². The zero-order valence-corrected chi connectivity index (χ0v) is 14.0. The summed E-state index contributed by atoms with van der Waals surface area (Å²) in [6, 6.07) is -0.269. The number of hydrogen-bond acceptors (Lipinski definition) is 4. The van der Waals surface area contributed by atoms with E-state index >= 15 is 0 Å². The number of rotatable bonds is 2. The maximum atomic E-state index is 12.7. The van der Waals surface area contributed by atoms with Gasteiger partial charge in [0.25, 0.3) is 5.91 Å². The number of carbonyl (C=O) groups is 2. The molecule has 0 radical (unpaired) electrons. The fourth-order valence-electron chi connectivity index (χ4n) is 2.60. The quantitative estimate of drug-likeness (QED) is 0.911. The summed E-state index contributed by atoms with van der Waals surface area (Å²) in [6.07, 6.45) is 0.520. The number of nitrogens with zero attached hydrogens (tertiary/aromatic N) is 2. The van der Waals surface area contributed by atoms with E-state index in [4.69, 9.17) is 0 Å². The van der Waals surface area contributed by atoms with Gasteiger partial charge >= 0.3 is 5.97 Å². The standard InChI is InChI=1S/C15H22N2O3S/c1-8-11(21-14(16-8)15(3,4)5)12(18)17-7-6-10(9(17)2)13(19)20/h9-10H,6-7H2,1-5H3,(H,19,20). The van der Waals surface area contributed by atoms with E-state index in [0.717, 1.165) is 10.7 Å². The minimum atomic E-state index is -0.825. The third-order valence-electron chi connectivity index (χ3n) is 3.97. The Morgan fingerprint density at radius 3 is 2.43 bits per heavy atom. The largest absolute Gasteiger partial charge is 0.481 e. The van der Waals surface area contributed by atoms with E-state index in [1.807, 2.05) is 13.8 Å². The molecule has 6 heteroatoms. The van der Waals surface area contributed by atoms with Crippen LogP contribution >= 0.6 is 11.3 Å². The van der Waals surface area contributed by atoms with Gasteiger partial charge in [-0.3, -0.25) is 9.59 Å². The number of carboxylic acid groups (broad SMARTS) is 1. The molecule has 5 nitrogen and oxygen atoms in total. The highest BCUT2D eigenvalue weighted by molar-refractivity contribution is 7.14. The Bertz CT molecular complexity index is 574. The first-order valence-electron chi connectivity index (χ1n) is 7.14. The van der Waals surface area contributed by atoms with Crippen molar-refractivity contribution in [3.8, 4) is 0 Å². The minimum absolute atomic E-state index is 0.0863. The van der Waals surface area contributed by atoms with Gasteiger partial charge in [-0.1, -0.05) is 20.8 Å². The highest BCUT2D eigenvalue weighted by Gasteiger charge is 2.39. The highest BCUT2D eigenvalue weighted by atomic mass is 32.1. The summed E-state index contributed by atoms with van der Waals surface area (Å²) in [5, 5.41) is 10.1. The molecule has 2 rings (SSSR count). The van der Waals surface area contributed by atoms with E-state index in [9.17, 15) is 14.7 Å². The number of aryl methyl sites for hydroxylation is 1. The second-order valence-corrected chi connectivity index (χ2v) is 7.66. The maximum Gasteiger partial charge on any atom is 0.308 e. The lowest BCUT2D eigenvalue weighted by atomic mass is 9.98. The van der Waals surface area contributed by atoms with Gasteiger partial charge in [-0.05, 0) is 20.3 Å². The normalized spacial score (nSPS) is 22.6. The number of aromatic nitrogens is 1. The van der Waals surface area contributed by atoms with Gasteiger partial charge in [0.15, 0.2) is 0 Å². The molecule has 1 amide bonds. The van der Waals surface area contributed by atoms with Crippen LogP contribution in [0.4, 0.5) is 0 Å². The molecule has 0 aromatic carbocycles. The number of thiazole rings is 1. The molecule has 0 saturated carbocycles. The molecule has 1 aliphatic heterocycles. The average molecular weight is 310 g/mol. The number of amides is 1. The van der Waals surface area contributed by atoms with Gasteiger partial charge in [0, 0.05) is 18.0 Å². The Morgan fingerprint density at radius 2 is 2.00 bits per heavy atom. The molecule has 2 atom stereocenters. The average Bonchev–Trinajstić information content (AvgIpc) is 2.91. The van der Waals surface area contributed by atoms with Crippen molar-refractivity contribution in [1.29, 1.82) is 0 Å². The molecule has 1 aliphatic rings. The first-order chi connectivity index (χ1) is 9.62. The number of aliphatic carboxylic acids is 1. The summed E-state index contributed by atoms with van der Waals surface area (Å²) >= 11 is 1.42. The Balaban J connectivity index is 2.26. The second-order valence-electron chi connectivity index (χ2n) is 6.66. The van der Waals surface area contributed by atoms with E-state index in [1.54, 1.807) is 4.90 Å². The number of likely N-dealkylation sites (tertiary alicyclic amines) is 1. The van der Waals surface area contributed by atoms with Gasteiger partial charge in [0.05, 0.1) is 16.6 Å². The van der Waals surface area contributed by atoms with Crippen LogP contribution in [0.1, 0.15) is 54.5 Å². The molecule has 2 unspecified atom stereocenters. The van der Waals surface area contributed by atoms with Gasteiger partial charge < -0.3 is 10.0 Å². The van der Waals surface area contributed by atoms with Crippen LogP contribution < -0.4 is 0 Å². The fourth-order valence-corrected chi connectivity index (χ4v) is 3.68. The van der Waals surface area contributed by atoms with Gasteiger partial charge in [-0.25, -0.2) is 4.98 Å². The Hall–Kier alpha value is -1.43. The molecule has 21 heavy (non-hydrogen) atoms. The van der Waals surface area contributed by atoms with Gasteiger partial charge in [-0.15, -0.1) is 11.3 Å². The number of carbonyl (C=O) groups excluding carboxylic acids is 1. The topological polar surface area (TPSA) is 70.5 Å². The fraction of sp³-hybridized carbons (Fsp3) is 0.667. The maximum absolute atomic E-state index is 12.7. The lowest BCUT2D eigenvalue weighted by Crippen LogP contribution is -2.37. The summed E-state index contributed by atoms with van der Waals surface area (Å²) in [7, 11) is 0. The molecule has 0 spiro atoms. The molecule has 1 aromatic rings. The molecular weight excluding hydrogens is 288 g/mol. The molecule has 116 valence electrons. The minimum Gasteiger partial charge on any atom is -0.481 e. The van der Waals surface area contributed by atoms with Crippen LogP contribution in [0.3, 0.4) is 0 Å². The van der Waals surface area contributed by atoms with E-state index in [2.05, 4.69) is 25.8 Å². The summed E-state index contributed by atoms with van der Waals surface area (Å²) in [5.41, 5.74) is 0.648. The van der Waals surface area contributed by atoms with Gasteiger partial charge in [0.1, 0.15) is 4.88 Å². The van der Waals surface area contributed by atoms with Crippen molar-refractivity contribution in [2.75, 3.05) is 6.54 Å². The molecule has 0 aliphatic carbocycles. The monoisotopic (exact) mass is 310 g/mol. The molecule has 2 heterocycles. The second kappa shape index (κ2) is 5.40. The van der Waals surface area contributed by atoms with Crippen molar-refractivity contribution < 1.29 is 14.7 Å². The van der Waals surface area contributed by atoms with Crippen LogP contribution in [-0.2, 0) is 10.2 Å². The van der Waals surface area contributed by atoms with Gasteiger partial charge in [0.2, 0.25) is 0 Å². The third kappa shape index (κ3) is 2.95. The summed E-state index contributed by atoms with van der Waals surface area (Å²) < 4.78 is 0. The highest BCUT2D eigenvalue weighted by Crippen LogP contribution is 2.32. The van der Waals surface area contributed by atoms with Crippen molar-refractivity contribution in [2.45, 2.75) is 52.5 Å². The number of carboxylic acids is 1. The molecule has 1 saturated heterocycles. The smallest absolute Gasteiger partial charge is 0.308 e. The Morgan fingerprint density at radius 1 is 1.38 bits per heavy atom. The van der Waals surface area contributed by atoms with Crippen LogP contribution in [0.5, 0.6) is 0 Å². The van der Waals surface area contributed by atoms with Crippen LogP contribution in [-0.4, -0.2) is 39.5 Å². The van der Waals surface area contributed by atoms with E-state index in [1.165, 1.54) is 11.3 Å². The van der Waals surface area contributed by atoms with Crippen LogP contribution in [0.2, 0.25) is 0 Å². The third-order valence-corrected chi connectivity index (χ3v) is 5.54. The van der Waals surface area contributed by atoms with Crippen LogP contribution in [0, 0.1) is 12.8 Å². The zero-order chi connectivity index (χ0) is 15.9. The number of hydrogen-bond donors (Lipinski definition) is 1. The predicted molar refractivity (Wildman–Crippen MR) is 81.8 cm³/mol. The van der Waals surface area contributed by atoms with Crippen molar-refractivity contribution >= 4 is 23.2 Å². The summed E-state index contributed by atoms with van der Waals surface area (Å²) in [5.74, 6) is -1.38. The van der Waals surface area contributed by atoms with Crippen molar-refractivity contribution in [3.63, 3.8) is 0 Å². The van der Waals surface area contributed by atoms with E-state index in [-0.39, 0.29) is 17.4 Å². The zero-order valence-electron chi connectivity index (χ0n) is 13.1. The summed E-state index contributed by atoms with van der Waals surface area (Å²) in [6.45, 7) is 10.4. The SMILES string of the molecule is Cc1nc(C(C)(C)C)sc1C(=O)N1CCC(C(=O)O)C1C. The van der Waals surface area contributed by atoms with Crippen molar-refractivity contribution in [2.24, 2.45) is 5.92 Å². The van der Waals surface area contributed by atoms with Crippen LogP contribution in [0.25, 0.3) is 0 Å². The predicted octanol–water partition coefficient (Wildman–Crippen LogP) is 2.68. The lowest BCUT2D eigenvalue weighted by Gasteiger charge is -2.22. The lowest BCUT2D eigenvalue weighted by molar-refractivity contribution is -0.142. The first kappa shape index (κ1) is 15.9. The Kier molecular flexibility index (Phi) is 4.10. The molecular formula is C15H22N2O3S. The van der Waals surface area contributed by atoms with E-state index < -0.39 is 11.9 Å². The first-order valence-corrected chi connectivity index (χ1v) is 7.96. The van der Waals surface area contributed by atoms with E-state index in [0.29, 0.717) is 17.8 Å². The summed E-state index contributed by atoms with van der Waals surface area (Å²) in [4.78, 5) is 30.7. The molecule has 1 fully saturated rings. The Labute approximate surface area is 129 Å². The molecule has 1 aromatic heterocycles. The van der Waals surface area contributed by atoms with Crippen molar-refractivity contribution in [3.05, 3.63) is 15.6 Å². The molecule has 1 N–H and O–H groups in total. The van der Waals surface area contributed by atoms with Crippen LogP contribution in [0.15, 0.2) is 0 Å².